The number of allylic oxidation sites excluding steroid dienone is 1. The number of anilines is 1. The number of nitrogens with one attached hydrogen (secondary N) is 2. The van der Waals surface area contributed by atoms with Crippen molar-refractivity contribution in [2.45, 2.75) is 31.6 Å². The van der Waals surface area contributed by atoms with Crippen LogP contribution in [0.25, 0.3) is 0 Å². The quantitative estimate of drug-likeness (QED) is 0.228. The highest BCUT2D eigenvalue weighted by Gasteiger charge is 2.27. The zero-order valence-corrected chi connectivity index (χ0v) is 22.2. The van der Waals surface area contributed by atoms with Gasteiger partial charge in [0.1, 0.15) is 0 Å². The minimum atomic E-state index is -0.442. The van der Waals surface area contributed by atoms with Crippen LogP contribution in [0.5, 0.6) is 0 Å². The van der Waals surface area contributed by atoms with Crippen molar-refractivity contribution in [1.82, 2.24) is 20.1 Å². The van der Waals surface area contributed by atoms with E-state index in [1.54, 1.807) is 48.5 Å². The van der Waals surface area contributed by atoms with E-state index in [1.807, 2.05) is 18.4 Å². The van der Waals surface area contributed by atoms with Crippen LogP contribution in [0.3, 0.4) is 0 Å². The van der Waals surface area contributed by atoms with E-state index in [0.29, 0.717) is 43.8 Å². The lowest BCUT2D eigenvalue weighted by Crippen LogP contribution is -2.34. The van der Waals surface area contributed by atoms with Crippen LogP contribution in [0.4, 0.5) is 5.69 Å². The standard InChI is InChI=1S/C24H24Cl3N5O2S/c1-4-11-32-22(21(14(2)3)29-23(34)16-7-5-6-8-17(16)26)30-31-24(32)35-13-20(33)28-19-10-9-15(25)12-18(19)27/h4-10,12,14,21H,1,11,13H2,2-3H3,(H,28,33)(H,29,34). The molecule has 2 N–H and O–H groups in total. The molecule has 2 aromatic carbocycles. The first-order valence-electron chi connectivity index (χ1n) is 10.7. The second-order valence-electron chi connectivity index (χ2n) is 7.88. The molecule has 0 saturated carbocycles. The predicted molar refractivity (Wildman–Crippen MR) is 143 cm³/mol. The van der Waals surface area contributed by atoms with Gasteiger partial charge in [0.25, 0.3) is 5.91 Å². The van der Waals surface area contributed by atoms with Gasteiger partial charge in [-0.3, -0.25) is 9.59 Å². The molecule has 0 aliphatic heterocycles. The van der Waals surface area contributed by atoms with E-state index in [-0.39, 0.29) is 23.5 Å². The summed E-state index contributed by atoms with van der Waals surface area (Å²) < 4.78 is 1.83. The van der Waals surface area contributed by atoms with Crippen LogP contribution >= 0.6 is 46.6 Å². The Kier molecular flexibility index (Phi) is 9.63. The first-order chi connectivity index (χ1) is 16.7. The van der Waals surface area contributed by atoms with Crippen molar-refractivity contribution in [3.63, 3.8) is 0 Å². The van der Waals surface area contributed by atoms with Crippen molar-refractivity contribution in [2.75, 3.05) is 11.1 Å². The van der Waals surface area contributed by atoms with E-state index >= 15 is 0 Å². The van der Waals surface area contributed by atoms with Crippen molar-refractivity contribution < 1.29 is 9.59 Å². The number of halogens is 3. The Labute approximate surface area is 223 Å². The molecule has 1 heterocycles. The number of carbonyl (C=O) groups excluding carboxylic acids is 2. The summed E-state index contributed by atoms with van der Waals surface area (Å²) >= 11 is 19.5. The molecule has 1 unspecified atom stereocenters. The summed E-state index contributed by atoms with van der Waals surface area (Å²) in [4.78, 5) is 25.4. The van der Waals surface area contributed by atoms with E-state index in [9.17, 15) is 9.59 Å². The molecular weight excluding hydrogens is 529 g/mol. The van der Waals surface area contributed by atoms with Crippen LogP contribution in [0.1, 0.15) is 36.1 Å². The van der Waals surface area contributed by atoms with Crippen LogP contribution in [0.2, 0.25) is 15.1 Å². The molecule has 184 valence electrons. The Morgan fingerprint density at radius 3 is 2.51 bits per heavy atom. The molecule has 0 bridgehead atoms. The Bertz CT molecular complexity index is 1230. The van der Waals surface area contributed by atoms with E-state index in [4.69, 9.17) is 34.8 Å². The molecule has 35 heavy (non-hydrogen) atoms. The second kappa shape index (κ2) is 12.4. The Balaban J connectivity index is 1.76. The lowest BCUT2D eigenvalue weighted by molar-refractivity contribution is -0.113. The van der Waals surface area contributed by atoms with Gasteiger partial charge in [-0.05, 0) is 36.2 Å². The highest BCUT2D eigenvalue weighted by molar-refractivity contribution is 7.99. The molecule has 0 aliphatic rings. The largest absolute Gasteiger partial charge is 0.342 e. The molecule has 0 aliphatic carbocycles. The van der Waals surface area contributed by atoms with Gasteiger partial charge >= 0.3 is 0 Å². The summed E-state index contributed by atoms with van der Waals surface area (Å²) in [5.41, 5.74) is 0.846. The van der Waals surface area contributed by atoms with Crippen LogP contribution < -0.4 is 10.6 Å². The highest BCUT2D eigenvalue weighted by Crippen LogP contribution is 2.28. The van der Waals surface area contributed by atoms with Gasteiger partial charge in [0, 0.05) is 11.6 Å². The molecule has 2 amide bonds. The number of rotatable bonds is 10. The smallest absolute Gasteiger partial charge is 0.253 e. The van der Waals surface area contributed by atoms with E-state index in [0.717, 1.165) is 0 Å². The molecule has 7 nitrogen and oxygen atoms in total. The Hall–Kier alpha value is -2.52. The molecule has 1 atom stereocenters. The molecule has 0 spiro atoms. The van der Waals surface area contributed by atoms with Gasteiger partial charge in [-0.1, -0.05) is 78.6 Å². The number of benzene rings is 2. The average Bonchev–Trinajstić information content (AvgIpc) is 3.20. The van der Waals surface area contributed by atoms with Crippen molar-refractivity contribution in [3.8, 4) is 0 Å². The second-order valence-corrected chi connectivity index (χ2v) is 10.1. The maximum atomic E-state index is 12.9. The third-order valence-electron chi connectivity index (χ3n) is 4.94. The maximum Gasteiger partial charge on any atom is 0.253 e. The highest BCUT2D eigenvalue weighted by atomic mass is 35.5. The number of amides is 2. The van der Waals surface area contributed by atoms with Crippen molar-refractivity contribution in [2.24, 2.45) is 5.92 Å². The zero-order valence-electron chi connectivity index (χ0n) is 19.1. The van der Waals surface area contributed by atoms with Gasteiger partial charge in [0.2, 0.25) is 5.91 Å². The Morgan fingerprint density at radius 2 is 1.86 bits per heavy atom. The topological polar surface area (TPSA) is 88.9 Å². The van der Waals surface area contributed by atoms with Gasteiger partial charge in [-0.2, -0.15) is 0 Å². The minimum Gasteiger partial charge on any atom is -0.342 e. The molecule has 11 heteroatoms. The van der Waals surface area contributed by atoms with E-state index in [1.165, 1.54) is 11.8 Å². The van der Waals surface area contributed by atoms with Gasteiger partial charge in [0.15, 0.2) is 11.0 Å². The SMILES string of the molecule is C=CCn1c(SCC(=O)Nc2ccc(Cl)cc2Cl)nnc1C(NC(=O)c1ccccc1Cl)C(C)C. The summed E-state index contributed by atoms with van der Waals surface area (Å²) in [6.07, 6.45) is 1.71. The minimum absolute atomic E-state index is 0.00222. The van der Waals surface area contributed by atoms with Crippen LogP contribution in [0.15, 0.2) is 60.3 Å². The molecule has 3 aromatic rings. The first kappa shape index (κ1) is 27.1. The van der Waals surface area contributed by atoms with Crippen molar-refractivity contribution in [3.05, 3.63) is 81.6 Å². The molecule has 3 rings (SSSR count). The monoisotopic (exact) mass is 551 g/mol. The first-order valence-corrected chi connectivity index (χ1v) is 12.8. The number of nitrogens with zero attached hydrogens (tertiary/aromatic N) is 3. The number of aromatic nitrogens is 3. The summed E-state index contributed by atoms with van der Waals surface area (Å²) in [6.45, 7) is 8.16. The van der Waals surface area contributed by atoms with Crippen LogP contribution in [-0.4, -0.2) is 32.3 Å². The van der Waals surface area contributed by atoms with Gasteiger partial charge in [0.05, 0.1) is 33.1 Å². The predicted octanol–water partition coefficient (Wildman–Crippen LogP) is 6.28. The average molecular weight is 553 g/mol. The maximum absolute atomic E-state index is 12.9. The summed E-state index contributed by atoms with van der Waals surface area (Å²) in [5, 5.41) is 16.1. The fourth-order valence-electron chi connectivity index (χ4n) is 3.24. The summed E-state index contributed by atoms with van der Waals surface area (Å²) in [6, 6.07) is 11.2. The molecule has 0 saturated heterocycles. The molecular formula is C24H24Cl3N5O2S. The van der Waals surface area contributed by atoms with Gasteiger partial charge in [-0.25, -0.2) is 0 Å². The number of thioether (sulfide) groups is 1. The molecule has 0 radical (unpaired) electrons. The van der Waals surface area contributed by atoms with Gasteiger partial charge < -0.3 is 15.2 Å². The lowest BCUT2D eigenvalue weighted by Gasteiger charge is -2.23. The summed E-state index contributed by atoms with van der Waals surface area (Å²) in [7, 11) is 0. The van der Waals surface area contributed by atoms with E-state index < -0.39 is 6.04 Å². The van der Waals surface area contributed by atoms with Crippen molar-refractivity contribution >= 4 is 64.1 Å². The third-order valence-corrected chi connectivity index (χ3v) is 6.79. The zero-order chi connectivity index (χ0) is 25.5. The molecule has 0 fully saturated rings. The lowest BCUT2D eigenvalue weighted by atomic mass is 10.0. The van der Waals surface area contributed by atoms with Crippen LogP contribution in [-0.2, 0) is 11.3 Å². The number of carbonyl (C=O) groups is 2. The summed E-state index contributed by atoms with van der Waals surface area (Å²) in [5.74, 6) is 0.0654. The molecule has 1 aromatic heterocycles. The van der Waals surface area contributed by atoms with Gasteiger partial charge in [-0.15, -0.1) is 16.8 Å². The fraction of sp³-hybridized carbons (Fsp3) is 0.250. The Morgan fingerprint density at radius 1 is 1.11 bits per heavy atom. The number of hydrogen-bond donors (Lipinski definition) is 2. The van der Waals surface area contributed by atoms with Crippen LogP contribution in [0, 0.1) is 5.92 Å². The third kappa shape index (κ3) is 7.01. The van der Waals surface area contributed by atoms with E-state index in [2.05, 4.69) is 27.4 Å². The number of hydrogen-bond acceptors (Lipinski definition) is 5. The normalized spacial score (nSPS) is 11.8. The van der Waals surface area contributed by atoms with Crippen molar-refractivity contribution in [1.29, 1.82) is 0 Å². The fourth-order valence-corrected chi connectivity index (χ4v) is 4.67.